The lowest BCUT2D eigenvalue weighted by Crippen LogP contribution is -2.46. The molecule has 1 N–H and O–H groups in total. The van der Waals surface area contributed by atoms with Gasteiger partial charge in [-0.15, -0.1) is 0 Å². The number of ether oxygens (including phenoxy) is 1. The molecule has 7 heteroatoms. The Hall–Kier alpha value is -1.89. The average molecular weight is 362 g/mol. The topological polar surface area (TPSA) is 76.5 Å². The molecule has 2 aliphatic rings. The molecular formula is C19H30N4O3. The Labute approximate surface area is 155 Å². The fourth-order valence-corrected chi connectivity index (χ4v) is 3.96. The molecule has 0 aliphatic carbocycles. The van der Waals surface area contributed by atoms with Crippen LogP contribution >= 0.6 is 0 Å². The van der Waals surface area contributed by atoms with Gasteiger partial charge < -0.3 is 15.0 Å². The molecule has 3 heterocycles. The van der Waals surface area contributed by atoms with Crippen molar-refractivity contribution >= 4 is 11.8 Å². The van der Waals surface area contributed by atoms with Crippen molar-refractivity contribution in [2.24, 2.45) is 5.92 Å². The standard InChI is InChI=1S/C19H30N4O3/c1-4-23-14(3)16(13(2)21-23)12-20-18(24)15-7-9-22(10-8-15)19(25)17-6-5-11-26-17/h15,17H,4-12H2,1-3H3,(H,20,24)/t17-/m1/s1. The molecule has 0 unspecified atom stereocenters. The van der Waals surface area contributed by atoms with E-state index < -0.39 is 0 Å². The van der Waals surface area contributed by atoms with E-state index in [2.05, 4.69) is 17.3 Å². The molecule has 0 aromatic carbocycles. The van der Waals surface area contributed by atoms with E-state index in [0.717, 1.165) is 49.2 Å². The Bertz CT molecular complexity index is 656. The van der Waals surface area contributed by atoms with E-state index in [1.165, 1.54) is 0 Å². The van der Waals surface area contributed by atoms with Gasteiger partial charge >= 0.3 is 0 Å². The second kappa shape index (κ2) is 8.20. The number of carbonyl (C=O) groups is 2. The number of hydrogen-bond donors (Lipinski definition) is 1. The van der Waals surface area contributed by atoms with E-state index in [9.17, 15) is 9.59 Å². The quantitative estimate of drug-likeness (QED) is 0.862. The third kappa shape index (κ3) is 3.92. The molecule has 2 saturated heterocycles. The number of rotatable bonds is 5. The molecule has 2 amide bonds. The number of hydrogen-bond acceptors (Lipinski definition) is 4. The second-order valence-electron chi connectivity index (χ2n) is 7.28. The maximum atomic E-state index is 12.5. The number of piperidine rings is 1. The number of amides is 2. The third-order valence-electron chi connectivity index (χ3n) is 5.65. The van der Waals surface area contributed by atoms with Crippen molar-refractivity contribution in [1.29, 1.82) is 0 Å². The zero-order valence-corrected chi connectivity index (χ0v) is 16.1. The fraction of sp³-hybridized carbons (Fsp3) is 0.737. The lowest BCUT2D eigenvalue weighted by atomic mass is 9.95. The Balaban J connectivity index is 1.48. The zero-order valence-electron chi connectivity index (χ0n) is 16.1. The number of nitrogens with one attached hydrogen (secondary N) is 1. The minimum Gasteiger partial charge on any atom is -0.368 e. The molecule has 7 nitrogen and oxygen atoms in total. The predicted octanol–water partition coefficient (Wildman–Crippen LogP) is 1.55. The average Bonchev–Trinajstić information content (AvgIpc) is 3.28. The summed E-state index contributed by atoms with van der Waals surface area (Å²) >= 11 is 0. The first-order valence-corrected chi connectivity index (χ1v) is 9.72. The monoisotopic (exact) mass is 362 g/mol. The number of aryl methyl sites for hydroxylation is 2. The fourth-order valence-electron chi connectivity index (χ4n) is 3.96. The van der Waals surface area contributed by atoms with Crippen LogP contribution in [0.4, 0.5) is 0 Å². The van der Waals surface area contributed by atoms with Gasteiger partial charge in [0.2, 0.25) is 5.91 Å². The van der Waals surface area contributed by atoms with Crippen molar-refractivity contribution in [3.05, 3.63) is 17.0 Å². The summed E-state index contributed by atoms with van der Waals surface area (Å²) in [4.78, 5) is 26.8. The van der Waals surface area contributed by atoms with E-state index in [0.29, 0.717) is 26.2 Å². The number of carbonyl (C=O) groups excluding carboxylic acids is 2. The molecule has 1 aromatic rings. The van der Waals surface area contributed by atoms with Gasteiger partial charge in [-0.2, -0.15) is 5.10 Å². The summed E-state index contributed by atoms with van der Waals surface area (Å²) in [7, 11) is 0. The first-order valence-electron chi connectivity index (χ1n) is 9.72. The molecule has 0 spiro atoms. The minimum absolute atomic E-state index is 0.0228. The summed E-state index contributed by atoms with van der Waals surface area (Å²) in [6.07, 6.45) is 2.96. The van der Waals surface area contributed by atoms with Gasteiger partial charge in [0.15, 0.2) is 0 Å². The number of likely N-dealkylation sites (tertiary alicyclic amines) is 1. The Kier molecular flexibility index (Phi) is 5.96. The normalized spacial score (nSPS) is 21.2. The Morgan fingerprint density at radius 3 is 2.54 bits per heavy atom. The SMILES string of the molecule is CCn1nc(C)c(CNC(=O)C2CCN(C(=O)[C@H]3CCCO3)CC2)c1C. The maximum Gasteiger partial charge on any atom is 0.251 e. The highest BCUT2D eigenvalue weighted by Gasteiger charge is 2.32. The van der Waals surface area contributed by atoms with Crippen molar-refractivity contribution in [2.45, 2.75) is 65.6 Å². The molecule has 2 fully saturated rings. The van der Waals surface area contributed by atoms with Crippen LogP contribution < -0.4 is 5.32 Å². The van der Waals surface area contributed by atoms with Crippen LogP contribution in [0.15, 0.2) is 0 Å². The highest BCUT2D eigenvalue weighted by Crippen LogP contribution is 2.22. The molecule has 2 aliphatic heterocycles. The largest absolute Gasteiger partial charge is 0.368 e. The van der Waals surface area contributed by atoms with Gasteiger partial charge in [0.1, 0.15) is 6.10 Å². The van der Waals surface area contributed by atoms with Crippen molar-refractivity contribution in [3.63, 3.8) is 0 Å². The van der Waals surface area contributed by atoms with Gasteiger partial charge in [0, 0.05) is 50.0 Å². The van der Waals surface area contributed by atoms with Gasteiger partial charge in [-0.1, -0.05) is 0 Å². The van der Waals surface area contributed by atoms with Crippen LogP contribution in [0.25, 0.3) is 0 Å². The molecule has 1 aromatic heterocycles. The van der Waals surface area contributed by atoms with Crippen LogP contribution in [0.3, 0.4) is 0 Å². The van der Waals surface area contributed by atoms with Crippen molar-refractivity contribution in [1.82, 2.24) is 20.0 Å². The van der Waals surface area contributed by atoms with Crippen molar-refractivity contribution in [2.75, 3.05) is 19.7 Å². The highest BCUT2D eigenvalue weighted by atomic mass is 16.5. The van der Waals surface area contributed by atoms with Crippen LogP contribution in [0.2, 0.25) is 0 Å². The lowest BCUT2D eigenvalue weighted by Gasteiger charge is -2.32. The van der Waals surface area contributed by atoms with Gasteiger partial charge in [-0.25, -0.2) is 0 Å². The first-order chi connectivity index (χ1) is 12.5. The molecule has 144 valence electrons. The van der Waals surface area contributed by atoms with Crippen LogP contribution in [-0.2, 0) is 27.4 Å². The molecule has 0 bridgehead atoms. The van der Waals surface area contributed by atoms with Crippen LogP contribution in [0, 0.1) is 19.8 Å². The molecular weight excluding hydrogens is 332 g/mol. The predicted molar refractivity (Wildman–Crippen MR) is 97.5 cm³/mol. The minimum atomic E-state index is -0.263. The van der Waals surface area contributed by atoms with Gasteiger partial charge in [-0.05, 0) is 46.5 Å². The smallest absolute Gasteiger partial charge is 0.251 e. The molecule has 0 saturated carbocycles. The van der Waals surface area contributed by atoms with E-state index in [4.69, 9.17) is 4.74 Å². The van der Waals surface area contributed by atoms with Gasteiger partial charge in [0.05, 0.1) is 5.69 Å². The summed E-state index contributed by atoms with van der Waals surface area (Å²) < 4.78 is 7.45. The summed E-state index contributed by atoms with van der Waals surface area (Å²) in [6, 6.07) is 0. The summed E-state index contributed by atoms with van der Waals surface area (Å²) in [5.41, 5.74) is 3.19. The highest BCUT2D eigenvalue weighted by molar-refractivity contribution is 5.82. The maximum absolute atomic E-state index is 12.5. The molecule has 3 rings (SSSR count). The lowest BCUT2D eigenvalue weighted by molar-refractivity contribution is -0.143. The summed E-state index contributed by atoms with van der Waals surface area (Å²) in [5, 5.41) is 7.56. The van der Waals surface area contributed by atoms with Gasteiger partial charge in [-0.3, -0.25) is 14.3 Å². The van der Waals surface area contributed by atoms with Crippen molar-refractivity contribution < 1.29 is 14.3 Å². The van der Waals surface area contributed by atoms with E-state index in [1.54, 1.807) is 0 Å². The first kappa shape index (κ1) is 18.9. The zero-order chi connectivity index (χ0) is 18.7. The molecule has 0 radical (unpaired) electrons. The van der Waals surface area contributed by atoms with E-state index >= 15 is 0 Å². The van der Waals surface area contributed by atoms with Crippen LogP contribution in [-0.4, -0.2) is 52.3 Å². The van der Waals surface area contributed by atoms with E-state index in [1.807, 2.05) is 23.4 Å². The van der Waals surface area contributed by atoms with Crippen LogP contribution in [0.1, 0.15) is 49.6 Å². The van der Waals surface area contributed by atoms with Crippen LogP contribution in [0.5, 0.6) is 0 Å². The number of nitrogens with zero attached hydrogens (tertiary/aromatic N) is 3. The molecule has 26 heavy (non-hydrogen) atoms. The molecule has 1 atom stereocenters. The second-order valence-corrected chi connectivity index (χ2v) is 7.28. The van der Waals surface area contributed by atoms with Crippen molar-refractivity contribution in [3.8, 4) is 0 Å². The van der Waals surface area contributed by atoms with E-state index in [-0.39, 0.29) is 23.8 Å². The Morgan fingerprint density at radius 1 is 1.23 bits per heavy atom. The Morgan fingerprint density at radius 2 is 1.96 bits per heavy atom. The number of aromatic nitrogens is 2. The van der Waals surface area contributed by atoms with Gasteiger partial charge in [0.25, 0.3) is 5.91 Å². The third-order valence-corrected chi connectivity index (χ3v) is 5.65. The summed E-state index contributed by atoms with van der Waals surface area (Å²) in [5.74, 6) is 0.155. The summed E-state index contributed by atoms with van der Waals surface area (Å²) in [6.45, 7) is 9.40.